The number of nitrogens with one attached hydrogen (secondary N) is 1. The van der Waals surface area contributed by atoms with Crippen LogP contribution in [-0.2, 0) is 14.8 Å². The van der Waals surface area contributed by atoms with Crippen molar-refractivity contribution in [2.24, 2.45) is 10.9 Å². The molecule has 0 saturated carbocycles. The second kappa shape index (κ2) is 7.85. The molecule has 9 nitrogen and oxygen atoms in total. The van der Waals surface area contributed by atoms with E-state index in [4.69, 9.17) is 20.3 Å². The number of methoxy groups -OCH3 is 1. The van der Waals surface area contributed by atoms with Crippen LogP contribution in [0.15, 0.2) is 47.4 Å². The maximum Gasteiger partial charge on any atom is 0.255 e. The zero-order valence-electron chi connectivity index (χ0n) is 13.8. The quantitative estimate of drug-likeness (QED) is 0.636. The predicted molar refractivity (Wildman–Crippen MR) is 93.5 cm³/mol. The van der Waals surface area contributed by atoms with Crippen LogP contribution in [-0.4, -0.2) is 33.9 Å². The van der Waals surface area contributed by atoms with E-state index in [9.17, 15) is 18.0 Å². The van der Waals surface area contributed by atoms with Crippen molar-refractivity contribution in [2.75, 3.05) is 19.0 Å². The van der Waals surface area contributed by atoms with Crippen LogP contribution in [0.3, 0.4) is 0 Å². The van der Waals surface area contributed by atoms with Gasteiger partial charge in [0.1, 0.15) is 0 Å². The molecule has 0 aliphatic rings. The Morgan fingerprint density at radius 1 is 1.12 bits per heavy atom. The molecule has 2 amide bonds. The largest absolute Gasteiger partial charge is 0.493 e. The lowest BCUT2D eigenvalue weighted by atomic mass is 10.2. The summed E-state index contributed by atoms with van der Waals surface area (Å²) >= 11 is 0. The molecule has 2 rings (SSSR count). The van der Waals surface area contributed by atoms with Crippen LogP contribution in [0.2, 0.25) is 0 Å². The van der Waals surface area contributed by atoms with Crippen molar-refractivity contribution < 1.29 is 27.5 Å². The van der Waals surface area contributed by atoms with Gasteiger partial charge in [0.2, 0.25) is 10.0 Å². The number of ether oxygens (including phenoxy) is 2. The Morgan fingerprint density at radius 3 is 2.46 bits per heavy atom. The first kappa shape index (κ1) is 19.2. The first-order valence-corrected chi connectivity index (χ1v) is 8.78. The molecule has 0 aliphatic heterocycles. The number of carbonyl (C=O) groups is 2. The fourth-order valence-electron chi connectivity index (χ4n) is 2.03. The highest BCUT2D eigenvalue weighted by atomic mass is 32.2. The molecular weight excluding hydrogens is 362 g/mol. The SMILES string of the molecule is COc1cc(C(=O)Nc2cccc(S(N)(=O)=O)c2)ccc1OCC(N)=O. The maximum absolute atomic E-state index is 12.4. The van der Waals surface area contributed by atoms with Gasteiger partial charge in [-0.15, -0.1) is 0 Å². The van der Waals surface area contributed by atoms with E-state index >= 15 is 0 Å². The summed E-state index contributed by atoms with van der Waals surface area (Å²) in [5.74, 6) is -0.670. The molecule has 10 heteroatoms. The molecule has 0 unspecified atom stereocenters. The molecule has 2 aromatic rings. The van der Waals surface area contributed by atoms with E-state index < -0.39 is 21.8 Å². The lowest BCUT2D eigenvalue weighted by molar-refractivity contribution is -0.119. The van der Waals surface area contributed by atoms with E-state index in [0.717, 1.165) is 0 Å². The molecule has 0 spiro atoms. The molecule has 5 N–H and O–H groups in total. The fraction of sp³-hybridized carbons (Fsp3) is 0.125. The van der Waals surface area contributed by atoms with Crippen LogP contribution in [0.1, 0.15) is 10.4 Å². The fourth-order valence-corrected chi connectivity index (χ4v) is 2.59. The Balaban J connectivity index is 2.21. The van der Waals surface area contributed by atoms with E-state index in [2.05, 4.69) is 5.32 Å². The summed E-state index contributed by atoms with van der Waals surface area (Å²) in [6.07, 6.45) is 0. The highest BCUT2D eigenvalue weighted by molar-refractivity contribution is 7.89. The van der Waals surface area contributed by atoms with Crippen molar-refractivity contribution in [3.63, 3.8) is 0 Å². The summed E-state index contributed by atoms with van der Waals surface area (Å²) in [6, 6.07) is 9.86. The van der Waals surface area contributed by atoms with Crippen LogP contribution in [0.5, 0.6) is 11.5 Å². The molecule has 2 aromatic carbocycles. The monoisotopic (exact) mass is 379 g/mol. The van der Waals surface area contributed by atoms with Crippen LogP contribution in [0.25, 0.3) is 0 Å². The van der Waals surface area contributed by atoms with E-state index in [1.54, 1.807) is 0 Å². The number of benzene rings is 2. The summed E-state index contributed by atoms with van der Waals surface area (Å²) in [4.78, 5) is 23.0. The first-order valence-electron chi connectivity index (χ1n) is 7.24. The van der Waals surface area contributed by atoms with Crippen molar-refractivity contribution in [2.45, 2.75) is 4.90 Å². The van der Waals surface area contributed by atoms with E-state index in [-0.39, 0.29) is 34.3 Å². The van der Waals surface area contributed by atoms with E-state index in [1.807, 2.05) is 0 Å². The second-order valence-corrected chi connectivity index (χ2v) is 6.71. The first-order chi connectivity index (χ1) is 12.2. The number of sulfonamides is 1. The Labute approximate surface area is 149 Å². The number of nitrogens with two attached hydrogens (primary N) is 2. The van der Waals surface area contributed by atoms with Gasteiger partial charge in [0.15, 0.2) is 18.1 Å². The minimum atomic E-state index is -3.88. The van der Waals surface area contributed by atoms with Crippen LogP contribution in [0.4, 0.5) is 5.69 Å². The molecule has 0 heterocycles. The van der Waals surface area contributed by atoms with Gasteiger partial charge in [-0.05, 0) is 36.4 Å². The molecule has 0 fully saturated rings. The molecule has 0 aliphatic carbocycles. The summed E-state index contributed by atoms with van der Waals surface area (Å²) in [5.41, 5.74) is 5.51. The topological polar surface area (TPSA) is 151 Å². The van der Waals surface area contributed by atoms with Gasteiger partial charge in [0.25, 0.3) is 11.8 Å². The van der Waals surface area contributed by atoms with Gasteiger partial charge in [0.05, 0.1) is 12.0 Å². The maximum atomic E-state index is 12.4. The van der Waals surface area contributed by atoms with E-state index in [1.165, 1.54) is 49.6 Å². The van der Waals surface area contributed by atoms with Crippen LogP contribution >= 0.6 is 0 Å². The molecule has 0 saturated heterocycles. The minimum absolute atomic E-state index is 0.122. The van der Waals surface area contributed by atoms with Crippen molar-refractivity contribution in [3.8, 4) is 11.5 Å². The van der Waals surface area contributed by atoms with Crippen LogP contribution < -0.4 is 25.7 Å². The van der Waals surface area contributed by atoms with Gasteiger partial charge in [-0.25, -0.2) is 13.6 Å². The number of amides is 2. The highest BCUT2D eigenvalue weighted by Gasteiger charge is 2.14. The number of anilines is 1. The van der Waals surface area contributed by atoms with Crippen molar-refractivity contribution >= 4 is 27.5 Å². The van der Waals surface area contributed by atoms with Gasteiger partial charge in [0, 0.05) is 11.3 Å². The zero-order chi connectivity index (χ0) is 19.3. The average Bonchev–Trinajstić information content (AvgIpc) is 2.59. The summed E-state index contributed by atoms with van der Waals surface area (Å²) in [6.45, 7) is -0.331. The summed E-state index contributed by atoms with van der Waals surface area (Å²) < 4.78 is 33.1. The molecule has 0 atom stereocenters. The molecule has 0 radical (unpaired) electrons. The van der Waals surface area contributed by atoms with Gasteiger partial charge >= 0.3 is 0 Å². The average molecular weight is 379 g/mol. The predicted octanol–water partition coefficient (Wildman–Crippen LogP) is 0.459. The number of primary amides is 1. The number of rotatable bonds is 7. The Morgan fingerprint density at radius 2 is 1.85 bits per heavy atom. The minimum Gasteiger partial charge on any atom is -0.493 e. The Bertz CT molecular complexity index is 943. The number of primary sulfonamides is 1. The van der Waals surface area contributed by atoms with Crippen LogP contribution in [0, 0.1) is 0 Å². The smallest absolute Gasteiger partial charge is 0.255 e. The standard InChI is InChI=1S/C16H17N3O6S/c1-24-14-7-10(5-6-13(14)25-9-15(17)20)16(21)19-11-3-2-4-12(8-11)26(18,22)23/h2-8H,9H2,1H3,(H2,17,20)(H,19,21)(H2,18,22,23). The summed E-state index contributed by atoms with van der Waals surface area (Å²) in [5, 5.41) is 7.63. The van der Waals surface area contributed by atoms with Gasteiger partial charge in [-0.2, -0.15) is 0 Å². The normalized spacial score (nSPS) is 10.8. The lowest BCUT2D eigenvalue weighted by Crippen LogP contribution is -2.20. The molecule has 138 valence electrons. The second-order valence-electron chi connectivity index (χ2n) is 5.15. The van der Waals surface area contributed by atoms with Crippen molar-refractivity contribution in [3.05, 3.63) is 48.0 Å². The highest BCUT2D eigenvalue weighted by Crippen LogP contribution is 2.28. The van der Waals surface area contributed by atoms with Gasteiger partial charge in [-0.1, -0.05) is 6.07 Å². The summed E-state index contributed by atoms with van der Waals surface area (Å²) in [7, 11) is -2.50. The van der Waals surface area contributed by atoms with Crippen molar-refractivity contribution in [1.82, 2.24) is 0 Å². The molecule has 0 aromatic heterocycles. The third-order valence-electron chi connectivity index (χ3n) is 3.22. The number of hydrogen-bond donors (Lipinski definition) is 3. The van der Waals surface area contributed by atoms with Gasteiger partial charge < -0.3 is 20.5 Å². The Kier molecular flexibility index (Phi) is 5.80. The number of carbonyl (C=O) groups excluding carboxylic acids is 2. The lowest BCUT2D eigenvalue weighted by Gasteiger charge is -2.11. The zero-order valence-corrected chi connectivity index (χ0v) is 14.6. The third-order valence-corrected chi connectivity index (χ3v) is 4.13. The number of hydrogen-bond acceptors (Lipinski definition) is 6. The Hall–Kier alpha value is -3.11. The molecular formula is C16H17N3O6S. The third kappa shape index (κ3) is 4.94. The van der Waals surface area contributed by atoms with Crippen molar-refractivity contribution in [1.29, 1.82) is 0 Å². The van der Waals surface area contributed by atoms with E-state index in [0.29, 0.717) is 0 Å². The molecule has 0 bridgehead atoms. The molecule has 26 heavy (non-hydrogen) atoms. The van der Waals surface area contributed by atoms with Gasteiger partial charge in [-0.3, -0.25) is 9.59 Å².